The molecule has 0 saturated heterocycles. The summed E-state index contributed by atoms with van der Waals surface area (Å²) in [5.41, 5.74) is -1.45. The van der Waals surface area contributed by atoms with E-state index in [0.717, 1.165) is 23.9 Å². The molecule has 4 aromatic rings. The Bertz CT molecular complexity index is 1280. The molecule has 3 heterocycles. The van der Waals surface area contributed by atoms with Gasteiger partial charge in [0.05, 0.1) is 16.6 Å². The van der Waals surface area contributed by atoms with Gasteiger partial charge in [-0.2, -0.15) is 31.7 Å². The highest BCUT2D eigenvalue weighted by Crippen LogP contribution is 2.40. The second kappa shape index (κ2) is 7.41. The maximum atomic E-state index is 14.1. The van der Waals surface area contributed by atoms with Gasteiger partial charge in [-0.3, -0.25) is 4.57 Å². The molecule has 1 aromatic carbocycles. The number of halogens is 6. The number of imidazole rings is 1. The van der Waals surface area contributed by atoms with Gasteiger partial charge in [-0.25, -0.2) is 9.97 Å². The van der Waals surface area contributed by atoms with Crippen LogP contribution >= 0.6 is 11.8 Å². The number of benzene rings is 1. The van der Waals surface area contributed by atoms with E-state index >= 15 is 0 Å². The van der Waals surface area contributed by atoms with E-state index in [9.17, 15) is 26.5 Å². The highest BCUT2D eigenvalue weighted by molar-refractivity contribution is 7.99. The quantitative estimate of drug-likeness (QED) is 0.295. The van der Waals surface area contributed by atoms with E-state index in [0.29, 0.717) is 11.9 Å². The summed E-state index contributed by atoms with van der Waals surface area (Å²) in [5, 5.41) is 4.44. The van der Waals surface area contributed by atoms with Crippen LogP contribution in [0.5, 0.6) is 0 Å². The monoisotopic (exact) mass is 461 g/mol. The molecule has 6 nitrogen and oxygen atoms in total. The predicted molar refractivity (Wildman–Crippen MR) is 101 cm³/mol. The van der Waals surface area contributed by atoms with E-state index in [1.165, 1.54) is 28.4 Å². The van der Waals surface area contributed by atoms with E-state index in [-0.39, 0.29) is 33.0 Å². The zero-order valence-electron chi connectivity index (χ0n) is 15.9. The molecule has 31 heavy (non-hydrogen) atoms. The zero-order chi connectivity index (χ0) is 22.6. The number of rotatable bonds is 5. The van der Waals surface area contributed by atoms with Crippen LogP contribution < -0.4 is 0 Å². The van der Waals surface area contributed by atoms with Gasteiger partial charge in [0.1, 0.15) is 10.5 Å². The van der Waals surface area contributed by atoms with Gasteiger partial charge in [0.2, 0.25) is 5.95 Å². The Balaban J connectivity index is 1.99. The molecule has 0 atom stereocenters. The Kier molecular flexibility index (Phi) is 5.12. The molecule has 164 valence electrons. The van der Waals surface area contributed by atoms with Crippen molar-refractivity contribution < 1.29 is 31.4 Å². The third-order valence-electron chi connectivity index (χ3n) is 4.57. The van der Waals surface area contributed by atoms with Crippen molar-refractivity contribution >= 4 is 33.8 Å². The molecule has 0 radical (unpaired) electrons. The highest BCUT2D eigenvalue weighted by Gasteiger charge is 2.38. The number of alkyl halides is 5. The summed E-state index contributed by atoms with van der Waals surface area (Å²) < 4.78 is 82.4. The van der Waals surface area contributed by atoms with Crippen LogP contribution in [0.1, 0.15) is 18.1 Å². The lowest BCUT2D eigenvalue weighted by molar-refractivity contribution is -0.363. The molecule has 0 aliphatic heterocycles. The minimum Gasteiger partial charge on any atom is -0.296 e. The standard InChI is InChI=1S/C18H13F6N5OS/c1-3-31-15-13-10(18(22,23)30-24)5-4-6-12(13)29(27-15)16-26-11-7-9(17(19,20)21)8-25-14(11)28(16)2/h4-8H,3H2,1-2H3. The Morgan fingerprint density at radius 1 is 1.16 bits per heavy atom. The summed E-state index contributed by atoms with van der Waals surface area (Å²) in [4.78, 5) is 10.9. The van der Waals surface area contributed by atoms with Gasteiger partial charge in [-0.1, -0.05) is 13.0 Å². The highest BCUT2D eigenvalue weighted by atomic mass is 32.2. The first-order valence-electron chi connectivity index (χ1n) is 8.81. The smallest absolute Gasteiger partial charge is 0.296 e. The molecule has 0 fully saturated rings. The molecule has 0 aliphatic rings. The van der Waals surface area contributed by atoms with E-state index in [2.05, 4.69) is 20.0 Å². The van der Waals surface area contributed by atoms with Gasteiger partial charge < -0.3 is 0 Å². The molecule has 4 rings (SSSR count). The number of hydrogen-bond donors (Lipinski definition) is 0. The number of thioether (sulfide) groups is 1. The summed E-state index contributed by atoms with van der Waals surface area (Å²) in [6, 6.07) is 4.59. The average Bonchev–Trinajstić information content (AvgIpc) is 3.25. The van der Waals surface area contributed by atoms with Gasteiger partial charge >= 0.3 is 12.3 Å². The van der Waals surface area contributed by atoms with Crippen LogP contribution in [0, 0.1) is 0 Å². The number of hydrogen-bond acceptors (Lipinski definition) is 5. The molecule has 0 spiro atoms. The molecule has 0 N–H and O–H groups in total. The molecular weight excluding hydrogens is 448 g/mol. The molecule has 0 amide bonds. The first-order valence-corrected chi connectivity index (χ1v) is 9.79. The van der Waals surface area contributed by atoms with Crippen molar-refractivity contribution in [1.29, 1.82) is 0 Å². The maximum Gasteiger partial charge on any atom is 0.417 e. The predicted octanol–water partition coefficient (Wildman–Crippen LogP) is 5.39. The Labute approximate surface area is 174 Å². The third-order valence-corrected chi connectivity index (χ3v) is 5.42. The number of fused-ring (bicyclic) bond motifs is 2. The first kappa shape index (κ1) is 21.4. The SMILES string of the molecule is CCSc1nn(-c2nc3cc(C(F)(F)F)cnc3n2C)c2cccc(C(F)(F)OF)c12. The molecule has 0 unspecified atom stereocenters. The maximum absolute atomic E-state index is 14.1. The fourth-order valence-electron chi connectivity index (χ4n) is 3.22. The van der Waals surface area contributed by atoms with E-state index in [1.54, 1.807) is 6.92 Å². The second-order valence-electron chi connectivity index (χ2n) is 6.48. The summed E-state index contributed by atoms with van der Waals surface area (Å²) in [6.45, 7) is 1.78. The van der Waals surface area contributed by atoms with E-state index in [4.69, 9.17) is 0 Å². The second-order valence-corrected chi connectivity index (χ2v) is 7.73. The van der Waals surface area contributed by atoms with Crippen molar-refractivity contribution in [2.75, 3.05) is 5.75 Å². The van der Waals surface area contributed by atoms with Crippen molar-refractivity contribution in [2.24, 2.45) is 7.05 Å². The Morgan fingerprint density at radius 3 is 2.55 bits per heavy atom. The minimum atomic E-state index is -4.60. The fraction of sp³-hybridized carbons (Fsp3) is 0.278. The van der Waals surface area contributed by atoms with Crippen molar-refractivity contribution in [3.8, 4) is 5.95 Å². The summed E-state index contributed by atoms with van der Waals surface area (Å²) in [5.74, 6) is 0.526. The number of aryl methyl sites for hydroxylation is 1. The van der Waals surface area contributed by atoms with Gasteiger partial charge in [0.15, 0.2) is 5.65 Å². The molecule has 3 aromatic heterocycles. The lowest BCUT2D eigenvalue weighted by Crippen LogP contribution is -2.14. The van der Waals surface area contributed by atoms with Gasteiger partial charge in [-0.05, 0) is 28.5 Å². The summed E-state index contributed by atoms with van der Waals surface area (Å²) in [7, 11) is 1.51. The molecule has 0 aliphatic carbocycles. The van der Waals surface area contributed by atoms with Crippen LogP contribution in [0.15, 0.2) is 35.5 Å². The van der Waals surface area contributed by atoms with E-state index < -0.39 is 23.4 Å². The molecule has 13 heteroatoms. The zero-order valence-corrected chi connectivity index (χ0v) is 16.7. The van der Waals surface area contributed by atoms with Crippen molar-refractivity contribution in [1.82, 2.24) is 24.3 Å². The van der Waals surface area contributed by atoms with Crippen LogP contribution in [0.2, 0.25) is 0 Å². The average molecular weight is 461 g/mol. The van der Waals surface area contributed by atoms with Crippen LogP contribution in [-0.4, -0.2) is 30.1 Å². The fourth-order valence-corrected chi connectivity index (χ4v) is 3.99. The van der Waals surface area contributed by atoms with Crippen LogP contribution in [0.25, 0.3) is 28.0 Å². The summed E-state index contributed by atoms with van der Waals surface area (Å²) >= 11 is 1.13. The molecule has 0 bridgehead atoms. The lowest BCUT2D eigenvalue weighted by atomic mass is 10.1. The van der Waals surface area contributed by atoms with E-state index in [1.807, 2.05) is 0 Å². The van der Waals surface area contributed by atoms with Crippen LogP contribution in [0.3, 0.4) is 0 Å². The minimum absolute atomic E-state index is 0.0470. The summed E-state index contributed by atoms with van der Waals surface area (Å²) in [6.07, 6.45) is -8.13. The molecular formula is C18H13F6N5OS. The lowest BCUT2D eigenvalue weighted by Gasteiger charge is -2.12. The number of aromatic nitrogens is 5. The Hall–Kier alpha value is -2.80. The van der Waals surface area contributed by atoms with Crippen molar-refractivity contribution in [3.63, 3.8) is 0 Å². The van der Waals surface area contributed by atoms with Crippen LogP contribution in [0.4, 0.5) is 26.5 Å². The number of nitrogens with zero attached hydrogens (tertiary/aromatic N) is 5. The number of pyridine rings is 1. The van der Waals surface area contributed by atoms with Gasteiger partial charge in [-0.15, -0.1) is 16.7 Å². The Morgan fingerprint density at radius 2 is 1.90 bits per heavy atom. The largest absolute Gasteiger partial charge is 0.417 e. The van der Waals surface area contributed by atoms with Crippen molar-refractivity contribution in [2.45, 2.75) is 24.2 Å². The van der Waals surface area contributed by atoms with Crippen molar-refractivity contribution in [3.05, 3.63) is 41.6 Å². The normalized spacial score (nSPS) is 12.9. The third kappa shape index (κ3) is 3.51. The first-order chi connectivity index (χ1) is 14.6. The topological polar surface area (TPSA) is 57.8 Å². The molecule has 0 saturated carbocycles. The van der Waals surface area contributed by atoms with Gasteiger partial charge in [0, 0.05) is 18.6 Å². The van der Waals surface area contributed by atoms with Gasteiger partial charge in [0.25, 0.3) is 0 Å². The van der Waals surface area contributed by atoms with Crippen LogP contribution in [-0.2, 0) is 24.3 Å².